The molecule has 0 bridgehead atoms. The maximum atomic E-state index is 12.9. The molecule has 0 aliphatic carbocycles. The molecule has 124 valence electrons. The molecule has 0 unspecified atom stereocenters. The van der Waals surface area contributed by atoms with E-state index in [9.17, 15) is 4.39 Å². The summed E-state index contributed by atoms with van der Waals surface area (Å²) >= 11 is 0. The number of halogens is 1. The third-order valence-corrected chi connectivity index (χ3v) is 3.49. The molecule has 1 N–H and O–H groups in total. The van der Waals surface area contributed by atoms with Gasteiger partial charge in [-0.1, -0.05) is 18.2 Å². The number of nitrogens with zero attached hydrogens (tertiary/aromatic N) is 5. The lowest BCUT2D eigenvalue weighted by Gasteiger charge is -2.09. The molecular formula is C17H13FN6O. The summed E-state index contributed by atoms with van der Waals surface area (Å²) in [6.45, 7) is 0.360. The molecule has 4 aromatic rings. The Labute approximate surface area is 142 Å². The van der Waals surface area contributed by atoms with Crippen LogP contribution in [0.4, 0.5) is 15.9 Å². The van der Waals surface area contributed by atoms with Crippen molar-refractivity contribution in [1.82, 2.24) is 25.3 Å². The topological polar surface area (TPSA) is 77.2 Å². The number of rotatable bonds is 5. The van der Waals surface area contributed by atoms with Gasteiger partial charge in [0.25, 0.3) is 0 Å². The highest BCUT2D eigenvalue weighted by Crippen LogP contribution is 2.21. The van der Waals surface area contributed by atoms with Crippen molar-refractivity contribution >= 4 is 17.2 Å². The number of hydrogen-bond donors (Lipinski definition) is 1. The Kier molecular flexibility index (Phi) is 3.91. The molecule has 0 atom stereocenters. The first-order chi connectivity index (χ1) is 12.3. The SMILES string of the molecule is Fc1ccc(COc2cccc(Nc3ccc4nnnn4n3)c2)cc1. The molecule has 2 aromatic carbocycles. The van der Waals surface area contributed by atoms with Crippen molar-refractivity contribution in [3.05, 3.63) is 72.0 Å². The third-order valence-electron chi connectivity index (χ3n) is 3.49. The number of ether oxygens (including phenoxy) is 1. The normalized spacial score (nSPS) is 10.8. The fourth-order valence-corrected chi connectivity index (χ4v) is 2.28. The Morgan fingerprint density at radius 3 is 2.80 bits per heavy atom. The first kappa shape index (κ1) is 15.0. The quantitative estimate of drug-likeness (QED) is 0.604. The highest BCUT2D eigenvalue weighted by atomic mass is 19.1. The van der Waals surface area contributed by atoms with E-state index in [0.717, 1.165) is 11.3 Å². The molecule has 0 spiro atoms. The van der Waals surface area contributed by atoms with Gasteiger partial charge in [0.1, 0.15) is 18.2 Å². The van der Waals surface area contributed by atoms with Gasteiger partial charge in [0.15, 0.2) is 11.5 Å². The molecule has 25 heavy (non-hydrogen) atoms. The van der Waals surface area contributed by atoms with Crippen LogP contribution >= 0.6 is 0 Å². The minimum Gasteiger partial charge on any atom is -0.489 e. The lowest BCUT2D eigenvalue weighted by atomic mass is 10.2. The van der Waals surface area contributed by atoms with Crippen LogP contribution in [0.5, 0.6) is 5.75 Å². The second-order valence-corrected chi connectivity index (χ2v) is 5.31. The van der Waals surface area contributed by atoms with Crippen LogP contribution in [-0.4, -0.2) is 25.3 Å². The molecule has 2 heterocycles. The first-order valence-corrected chi connectivity index (χ1v) is 7.56. The zero-order valence-electron chi connectivity index (χ0n) is 13.0. The fraction of sp³-hybridized carbons (Fsp3) is 0.0588. The molecule has 2 aromatic heterocycles. The van der Waals surface area contributed by atoms with Crippen LogP contribution in [0.2, 0.25) is 0 Å². The van der Waals surface area contributed by atoms with E-state index in [2.05, 4.69) is 25.9 Å². The maximum absolute atomic E-state index is 12.9. The summed E-state index contributed by atoms with van der Waals surface area (Å²) in [5, 5.41) is 18.5. The molecule has 7 nitrogen and oxygen atoms in total. The van der Waals surface area contributed by atoms with Gasteiger partial charge in [-0.25, -0.2) is 4.39 Å². The Hall–Kier alpha value is -3.55. The Balaban J connectivity index is 1.46. The van der Waals surface area contributed by atoms with Crippen LogP contribution in [0, 0.1) is 5.82 Å². The van der Waals surface area contributed by atoms with Crippen molar-refractivity contribution in [2.75, 3.05) is 5.32 Å². The van der Waals surface area contributed by atoms with Gasteiger partial charge in [-0.05, 0) is 52.4 Å². The summed E-state index contributed by atoms with van der Waals surface area (Å²) in [7, 11) is 0. The third kappa shape index (κ3) is 3.52. The smallest absolute Gasteiger partial charge is 0.200 e. The lowest BCUT2D eigenvalue weighted by Crippen LogP contribution is -2.00. The van der Waals surface area contributed by atoms with Gasteiger partial charge >= 0.3 is 0 Å². The number of benzene rings is 2. The number of tetrazole rings is 1. The van der Waals surface area contributed by atoms with Crippen molar-refractivity contribution < 1.29 is 9.13 Å². The minimum atomic E-state index is -0.262. The Bertz CT molecular complexity index is 1000. The van der Waals surface area contributed by atoms with Crippen molar-refractivity contribution in [1.29, 1.82) is 0 Å². The maximum Gasteiger partial charge on any atom is 0.200 e. The second kappa shape index (κ2) is 6.52. The average molecular weight is 336 g/mol. The van der Waals surface area contributed by atoms with Crippen LogP contribution in [0.25, 0.3) is 5.65 Å². The molecule has 0 saturated heterocycles. The molecule has 8 heteroatoms. The van der Waals surface area contributed by atoms with Crippen molar-refractivity contribution in [3.8, 4) is 5.75 Å². The molecule has 0 radical (unpaired) electrons. The summed E-state index contributed by atoms with van der Waals surface area (Å²) in [5.41, 5.74) is 2.28. The second-order valence-electron chi connectivity index (χ2n) is 5.31. The monoisotopic (exact) mass is 336 g/mol. The van der Waals surface area contributed by atoms with E-state index in [0.29, 0.717) is 23.8 Å². The number of nitrogens with one attached hydrogen (secondary N) is 1. The molecule has 0 amide bonds. The van der Waals surface area contributed by atoms with E-state index in [1.807, 2.05) is 24.3 Å². The van der Waals surface area contributed by atoms with Crippen molar-refractivity contribution in [2.24, 2.45) is 0 Å². The van der Waals surface area contributed by atoms with Gasteiger partial charge in [0.05, 0.1) is 0 Å². The number of aromatic nitrogens is 5. The molecule has 0 saturated carbocycles. The number of hydrogen-bond acceptors (Lipinski definition) is 6. The Morgan fingerprint density at radius 1 is 1.04 bits per heavy atom. The average Bonchev–Trinajstić information content (AvgIpc) is 3.09. The summed E-state index contributed by atoms with van der Waals surface area (Å²) in [6, 6.07) is 17.3. The van der Waals surface area contributed by atoms with E-state index in [-0.39, 0.29) is 5.82 Å². The van der Waals surface area contributed by atoms with Gasteiger partial charge < -0.3 is 10.1 Å². The van der Waals surface area contributed by atoms with Gasteiger partial charge in [-0.3, -0.25) is 0 Å². The summed E-state index contributed by atoms with van der Waals surface area (Å²) in [4.78, 5) is 0. The van der Waals surface area contributed by atoms with Crippen molar-refractivity contribution in [2.45, 2.75) is 6.61 Å². The van der Waals surface area contributed by atoms with E-state index < -0.39 is 0 Å². The summed E-state index contributed by atoms with van der Waals surface area (Å²) in [6.07, 6.45) is 0. The zero-order valence-corrected chi connectivity index (χ0v) is 13.0. The van der Waals surface area contributed by atoms with Gasteiger partial charge in [-0.2, -0.15) is 0 Å². The molecule has 0 aliphatic rings. The Morgan fingerprint density at radius 2 is 1.92 bits per heavy atom. The summed E-state index contributed by atoms with van der Waals surface area (Å²) in [5.74, 6) is 1.04. The first-order valence-electron chi connectivity index (χ1n) is 7.56. The standard InChI is InChI=1S/C17H13FN6O/c18-13-6-4-12(5-7-13)11-25-15-3-1-2-14(10-15)19-16-8-9-17-20-22-23-24(17)21-16/h1-10H,11H2,(H,19,21). The summed E-state index contributed by atoms with van der Waals surface area (Å²) < 4.78 is 20.0. The zero-order chi connectivity index (χ0) is 17.1. The highest BCUT2D eigenvalue weighted by molar-refractivity contribution is 5.58. The molecule has 0 aliphatic heterocycles. The number of fused-ring (bicyclic) bond motifs is 1. The predicted molar refractivity (Wildman–Crippen MR) is 89.0 cm³/mol. The predicted octanol–water partition coefficient (Wildman–Crippen LogP) is 2.98. The van der Waals surface area contributed by atoms with E-state index in [1.165, 1.54) is 16.8 Å². The van der Waals surface area contributed by atoms with Gasteiger partial charge in [0.2, 0.25) is 0 Å². The lowest BCUT2D eigenvalue weighted by molar-refractivity contribution is 0.306. The van der Waals surface area contributed by atoms with E-state index in [4.69, 9.17) is 4.74 Å². The van der Waals surface area contributed by atoms with Crippen LogP contribution in [0.3, 0.4) is 0 Å². The fourth-order valence-electron chi connectivity index (χ4n) is 2.28. The molecular weight excluding hydrogens is 323 g/mol. The van der Waals surface area contributed by atoms with E-state index in [1.54, 1.807) is 24.3 Å². The van der Waals surface area contributed by atoms with Gasteiger partial charge in [-0.15, -0.1) is 14.8 Å². The van der Waals surface area contributed by atoms with E-state index >= 15 is 0 Å². The van der Waals surface area contributed by atoms with Crippen molar-refractivity contribution in [3.63, 3.8) is 0 Å². The largest absolute Gasteiger partial charge is 0.489 e. The molecule has 0 fully saturated rings. The van der Waals surface area contributed by atoms with Crippen LogP contribution in [0.1, 0.15) is 5.56 Å². The molecule has 4 rings (SSSR count). The van der Waals surface area contributed by atoms with Crippen LogP contribution < -0.4 is 10.1 Å². The van der Waals surface area contributed by atoms with Crippen LogP contribution in [-0.2, 0) is 6.61 Å². The minimum absolute atomic E-state index is 0.262. The van der Waals surface area contributed by atoms with Crippen LogP contribution in [0.15, 0.2) is 60.7 Å². The van der Waals surface area contributed by atoms with Gasteiger partial charge in [0, 0.05) is 11.8 Å². The number of anilines is 2. The highest BCUT2D eigenvalue weighted by Gasteiger charge is 2.03.